The van der Waals surface area contributed by atoms with Gasteiger partial charge in [-0.15, -0.1) is 0 Å². The summed E-state index contributed by atoms with van der Waals surface area (Å²) in [6.07, 6.45) is 0.686. The van der Waals surface area contributed by atoms with Crippen LogP contribution in [-0.4, -0.2) is 55.3 Å². The number of amides is 2. The van der Waals surface area contributed by atoms with Crippen molar-refractivity contribution in [3.05, 3.63) is 29.6 Å². The summed E-state index contributed by atoms with van der Waals surface area (Å²) in [7, 11) is 3.84. The van der Waals surface area contributed by atoms with Gasteiger partial charge in [-0.2, -0.15) is 0 Å². The quantitative estimate of drug-likeness (QED) is 0.735. The lowest BCUT2D eigenvalue weighted by atomic mass is 10.2. The van der Waals surface area contributed by atoms with Crippen molar-refractivity contribution in [2.75, 3.05) is 39.0 Å². The third-order valence-electron chi connectivity index (χ3n) is 3.40. The Morgan fingerprint density at radius 1 is 1.04 bits per heavy atom. The molecule has 1 rings (SSSR count). The van der Waals surface area contributed by atoms with Gasteiger partial charge in [0.25, 0.3) is 0 Å². The van der Waals surface area contributed by atoms with Crippen molar-refractivity contribution in [3.8, 4) is 0 Å². The highest BCUT2D eigenvalue weighted by Crippen LogP contribution is 2.19. The minimum atomic E-state index is -1.64. The maximum atomic E-state index is 13.5. The van der Waals surface area contributed by atoms with E-state index >= 15 is 0 Å². The summed E-state index contributed by atoms with van der Waals surface area (Å²) in [5.41, 5.74) is -0.430. The predicted molar refractivity (Wildman–Crippen MR) is 85.0 cm³/mol. The van der Waals surface area contributed by atoms with Crippen molar-refractivity contribution in [2.24, 2.45) is 0 Å². The molecule has 0 spiro atoms. The molecule has 24 heavy (non-hydrogen) atoms. The average Bonchev–Trinajstić information content (AvgIpc) is 2.50. The fourth-order valence-corrected chi connectivity index (χ4v) is 2.08. The van der Waals surface area contributed by atoms with Gasteiger partial charge in [-0.25, -0.2) is 13.2 Å². The maximum Gasteiger partial charge on any atom is 0.226 e. The van der Waals surface area contributed by atoms with Crippen LogP contribution in [-0.2, 0) is 9.59 Å². The van der Waals surface area contributed by atoms with Crippen LogP contribution in [0.1, 0.15) is 19.8 Å². The van der Waals surface area contributed by atoms with E-state index in [0.29, 0.717) is 6.54 Å². The largest absolute Gasteiger partial charge is 0.342 e. The summed E-state index contributed by atoms with van der Waals surface area (Å²) < 4.78 is 39.4. The number of nitrogens with zero attached hydrogens (tertiary/aromatic N) is 2. The summed E-state index contributed by atoms with van der Waals surface area (Å²) in [5, 5.41) is 2.18. The van der Waals surface area contributed by atoms with E-state index in [0.717, 1.165) is 25.1 Å². The summed E-state index contributed by atoms with van der Waals surface area (Å²) in [4.78, 5) is 26.9. The van der Waals surface area contributed by atoms with E-state index in [4.69, 9.17) is 0 Å². The standard InChI is InChI=1S/C16H22F3N3O2/c1-11(23)22(9-4-8-21(2)3)10-7-14(24)20-13-6-5-12(17)15(18)16(13)19/h5-6H,4,7-10H2,1-3H3,(H,20,24). The van der Waals surface area contributed by atoms with Crippen molar-refractivity contribution in [2.45, 2.75) is 19.8 Å². The molecule has 134 valence electrons. The fraction of sp³-hybridized carbons (Fsp3) is 0.500. The van der Waals surface area contributed by atoms with Crippen LogP contribution in [0, 0.1) is 17.5 Å². The zero-order valence-corrected chi connectivity index (χ0v) is 14.0. The van der Waals surface area contributed by atoms with Gasteiger partial charge >= 0.3 is 0 Å². The Morgan fingerprint density at radius 3 is 2.29 bits per heavy atom. The Bertz CT molecular complexity index is 594. The molecule has 0 aliphatic rings. The van der Waals surface area contributed by atoms with Gasteiger partial charge in [-0.3, -0.25) is 9.59 Å². The number of nitrogens with one attached hydrogen (secondary N) is 1. The van der Waals surface area contributed by atoms with Gasteiger partial charge in [0, 0.05) is 26.4 Å². The maximum absolute atomic E-state index is 13.5. The zero-order valence-electron chi connectivity index (χ0n) is 14.0. The van der Waals surface area contributed by atoms with Gasteiger partial charge in [0.2, 0.25) is 11.8 Å². The van der Waals surface area contributed by atoms with Gasteiger partial charge in [0.1, 0.15) is 0 Å². The molecule has 2 amide bonds. The molecule has 5 nitrogen and oxygen atoms in total. The highest BCUT2D eigenvalue weighted by Gasteiger charge is 2.16. The number of benzene rings is 1. The first-order valence-corrected chi connectivity index (χ1v) is 7.56. The Labute approximate surface area is 139 Å². The first-order chi connectivity index (χ1) is 11.2. The van der Waals surface area contributed by atoms with Crippen molar-refractivity contribution in [1.82, 2.24) is 9.80 Å². The Kier molecular flexibility index (Phi) is 7.70. The van der Waals surface area contributed by atoms with Crippen LogP contribution in [0.4, 0.5) is 18.9 Å². The van der Waals surface area contributed by atoms with Crippen molar-refractivity contribution < 1.29 is 22.8 Å². The highest BCUT2D eigenvalue weighted by molar-refractivity contribution is 5.91. The number of anilines is 1. The molecule has 0 atom stereocenters. The van der Waals surface area contributed by atoms with E-state index in [1.54, 1.807) is 0 Å². The van der Waals surface area contributed by atoms with Crippen LogP contribution in [0.2, 0.25) is 0 Å². The molecule has 0 heterocycles. The molecule has 0 saturated heterocycles. The lowest BCUT2D eigenvalue weighted by Gasteiger charge is -2.21. The fourth-order valence-electron chi connectivity index (χ4n) is 2.08. The van der Waals surface area contributed by atoms with Gasteiger partial charge in [-0.1, -0.05) is 0 Å². The molecule has 0 aromatic heterocycles. The second kappa shape index (κ2) is 9.27. The van der Waals surface area contributed by atoms with E-state index in [-0.39, 0.29) is 18.9 Å². The van der Waals surface area contributed by atoms with Crippen LogP contribution in [0.15, 0.2) is 12.1 Å². The van der Waals surface area contributed by atoms with Crippen molar-refractivity contribution >= 4 is 17.5 Å². The number of rotatable bonds is 8. The van der Waals surface area contributed by atoms with Crippen LogP contribution in [0.25, 0.3) is 0 Å². The van der Waals surface area contributed by atoms with Gasteiger partial charge in [0.05, 0.1) is 5.69 Å². The SMILES string of the molecule is CC(=O)N(CCCN(C)C)CCC(=O)Nc1ccc(F)c(F)c1F. The summed E-state index contributed by atoms with van der Waals surface area (Å²) in [6, 6.07) is 1.68. The number of hydrogen-bond acceptors (Lipinski definition) is 3. The van der Waals surface area contributed by atoms with Crippen LogP contribution in [0.5, 0.6) is 0 Å². The van der Waals surface area contributed by atoms with E-state index in [2.05, 4.69) is 5.32 Å². The van der Waals surface area contributed by atoms with E-state index in [1.165, 1.54) is 11.8 Å². The number of carbonyl (C=O) groups is 2. The summed E-state index contributed by atoms with van der Waals surface area (Å²) >= 11 is 0. The zero-order chi connectivity index (χ0) is 18.3. The van der Waals surface area contributed by atoms with E-state index in [1.807, 2.05) is 19.0 Å². The second-order valence-corrected chi connectivity index (χ2v) is 5.68. The lowest BCUT2D eigenvalue weighted by Crippen LogP contribution is -2.34. The minimum absolute atomic E-state index is 0.0695. The number of halogens is 3. The molecular formula is C16H22F3N3O2. The minimum Gasteiger partial charge on any atom is -0.342 e. The third-order valence-corrected chi connectivity index (χ3v) is 3.40. The molecule has 1 aromatic carbocycles. The van der Waals surface area contributed by atoms with Gasteiger partial charge in [0.15, 0.2) is 17.5 Å². The molecule has 1 aromatic rings. The molecule has 0 unspecified atom stereocenters. The van der Waals surface area contributed by atoms with Crippen LogP contribution in [0.3, 0.4) is 0 Å². The number of hydrogen-bond donors (Lipinski definition) is 1. The number of carbonyl (C=O) groups excluding carboxylic acids is 2. The van der Waals surface area contributed by atoms with Crippen molar-refractivity contribution in [3.63, 3.8) is 0 Å². The highest BCUT2D eigenvalue weighted by atomic mass is 19.2. The first kappa shape index (κ1) is 20.0. The van der Waals surface area contributed by atoms with Crippen molar-refractivity contribution in [1.29, 1.82) is 0 Å². The monoisotopic (exact) mass is 345 g/mol. The lowest BCUT2D eigenvalue weighted by molar-refractivity contribution is -0.129. The molecular weight excluding hydrogens is 323 g/mol. The van der Waals surface area contributed by atoms with E-state index in [9.17, 15) is 22.8 Å². The normalized spacial score (nSPS) is 10.8. The molecule has 0 radical (unpaired) electrons. The Balaban J connectivity index is 2.54. The Hall–Kier alpha value is -2.09. The molecule has 8 heteroatoms. The van der Waals surface area contributed by atoms with Crippen LogP contribution < -0.4 is 5.32 Å². The van der Waals surface area contributed by atoms with Gasteiger partial charge < -0.3 is 15.1 Å². The molecule has 0 fully saturated rings. The molecule has 0 bridgehead atoms. The topological polar surface area (TPSA) is 52.7 Å². The molecule has 1 N–H and O–H groups in total. The Morgan fingerprint density at radius 2 is 1.71 bits per heavy atom. The average molecular weight is 345 g/mol. The first-order valence-electron chi connectivity index (χ1n) is 7.56. The predicted octanol–water partition coefficient (Wildman–Crippen LogP) is 2.23. The molecule has 0 saturated carbocycles. The van der Waals surface area contributed by atoms with E-state index < -0.39 is 29.0 Å². The molecule has 0 aliphatic heterocycles. The smallest absolute Gasteiger partial charge is 0.226 e. The third kappa shape index (κ3) is 6.19. The molecule has 0 aliphatic carbocycles. The van der Waals surface area contributed by atoms with Gasteiger partial charge in [-0.05, 0) is 39.2 Å². The second-order valence-electron chi connectivity index (χ2n) is 5.68. The summed E-state index contributed by atoms with van der Waals surface area (Å²) in [6.45, 7) is 2.87. The summed E-state index contributed by atoms with van der Waals surface area (Å²) in [5.74, 6) is -5.16. The van der Waals surface area contributed by atoms with Crippen LogP contribution >= 0.6 is 0 Å².